The van der Waals surface area contributed by atoms with Crippen LogP contribution in [0.15, 0.2) is 128 Å². The van der Waals surface area contributed by atoms with Crippen molar-refractivity contribution < 1.29 is 0 Å². The van der Waals surface area contributed by atoms with Gasteiger partial charge in [-0.05, 0) is 65.7 Å². The zero-order valence-electron chi connectivity index (χ0n) is 22.0. The van der Waals surface area contributed by atoms with Crippen molar-refractivity contribution in [2.45, 2.75) is 0 Å². The molecule has 0 aliphatic carbocycles. The van der Waals surface area contributed by atoms with Gasteiger partial charge in [0.15, 0.2) is 0 Å². The van der Waals surface area contributed by atoms with Crippen LogP contribution in [0.2, 0.25) is 0 Å². The summed E-state index contributed by atoms with van der Waals surface area (Å²) in [6.07, 6.45) is 3.61. The molecule has 0 amide bonds. The van der Waals surface area contributed by atoms with E-state index < -0.39 is 0 Å². The summed E-state index contributed by atoms with van der Waals surface area (Å²) in [5, 5.41) is 2.57. The summed E-state index contributed by atoms with van der Waals surface area (Å²) < 4.78 is 2.60. The van der Waals surface area contributed by atoms with Crippen molar-refractivity contribution in [2.24, 2.45) is 0 Å². The molecule has 0 atom stereocenters. The molecule has 4 nitrogen and oxygen atoms in total. The summed E-state index contributed by atoms with van der Waals surface area (Å²) in [7, 11) is 8.98. The Kier molecular flexibility index (Phi) is 6.10. The molecule has 0 aliphatic rings. The summed E-state index contributed by atoms with van der Waals surface area (Å²) >= 11 is 1.83. The second kappa shape index (κ2) is 10.1. The summed E-state index contributed by atoms with van der Waals surface area (Å²) in [4.78, 5) is 11.8. The predicted molar refractivity (Wildman–Crippen MR) is 171 cm³/mol. The number of thiophene rings is 1. The standard InChI is InChI=1S/C34H25BN4S/c1-38(25-9-3-2-4-10-25)30-12-6-7-13-31(30)39(35)29-17-15-23(22-28(29)34-36-19-20-37-34)24-16-18-33-27(21-24)26-11-5-8-14-32(26)40-33/h2-22H,1H3,(H,36,37). The summed E-state index contributed by atoms with van der Waals surface area (Å²) in [5.41, 5.74) is 7.02. The quantitative estimate of drug-likeness (QED) is 0.217. The van der Waals surface area contributed by atoms with Crippen LogP contribution in [-0.2, 0) is 0 Å². The lowest BCUT2D eigenvalue weighted by molar-refractivity contribution is 1.20. The number of fused-ring (bicyclic) bond motifs is 3. The number of nitrogens with zero attached hydrogens (tertiary/aromatic N) is 3. The van der Waals surface area contributed by atoms with E-state index in [-0.39, 0.29) is 0 Å². The lowest BCUT2D eigenvalue weighted by atomic mass is 9.98. The number of rotatable bonds is 6. The van der Waals surface area contributed by atoms with Crippen LogP contribution in [0.1, 0.15) is 0 Å². The average Bonchev–Trinajstić information content (AvgIpc) is 3.69. The van der Waals surface area contributed by atoms with Gasteiger partial charge in [-0.25, -0.2) is 4.98 Å². The number of hydrogen-bond acceptors (Lipinski definition) is 4. The first-order valence-electron chi connectivity index (χ1n) is 13.2. The molecule has 40 heavy (non-hydrogen) atoms. The molecule has 1 N–H and O–H groups in total. The number of imidazole rings is 1. The molecule has 190 valence electrons. The molecular formula is C34H25BN4S. The Morgan fingerprint density at radius 1 is 0.675 bits per heavy atom. The highest BCUT2D eigenvalue weighted by atomic mass is 32.1. The van der Waals surface area contributed by atoms with Crippen molar-refractivity contribution in [1.82, 2.24) is 9.97 Å². The summed E-state index contributed by atoms with van der Waals surface area (Å²) in [6.45, 7) is 0. The maximum absolute atomic E-state index is 6.92. The minimum atomic E-state index is 0.767. The molecule has 0 unspecified atom stereocenters. The van der Waals surface area contributed by atoms with Crippen LogP contribution in [-0.4, -0.2) is 25.0 Å². The van der Waals surface area contributed by atoms with E-state index in [1.165, 1.54) is 20.2 Å². The Balaban J connectivity index is 1.33. The monoisotopic (exact) mass is 532 g/mol. The van der Waals surface area contributed by atoms with Crippen LogP contribution in [0.3, 0.4) is 0 Å². The second-order valence-electron chi connectivity index (χ2n) is 9.73. The number of hydrogen-bond donors (Lipinski definition) is 1. The fourth-order valence-corrected chi connectivity index (χ4v) is 6.39. The van der Waals surface area contributed by atoms with E-state index >= 15 is 0 Å². The minimum absolute atomic E-state index is 0.767. The van der Waals surface area contributed by atoms with Gasteiger partial charge in [0.2, 0.25) is 7.98 Å². The van der Waals surface area contributed by atoms with Gasteiger partial charge in [0.1, 0.15) is 5.82 Å². The molecule has 5 aromatic carbocycles. The summed E-state index contributed by atoms with van der Waals surface area (Å²) in [5.74, 6) is 0.767. The first-order valence-corrected chi connectivity index (χ1v) is 14.0. The number of aromatic nitrogens is 2. The molecule has 6 heteroatoms. The largest absolute Gasteiger partial charge is 0.396 e. The van der Waals surface area contributed by atoms with Gasteiger partial charge in [0.05, 0.1) is 11.4 Å². The van der Waals surface area contributed by atoms with Crippen LogP contribution in [0.4, 0.5) is 22.7 Å². The van der Waals surface area contributed by atoms with E-state index in [1.54, 1.807) is 11.0 Å². The molecule has 7 rings (SSSR count). The molecule has 2 heterocycles. The van der Waals surface area contributed by atoms with Crippen molar-refractivity contribution in [3.05, 3.63) is 128 Å². The van der Waals surface area contributed by atoms with Gasteiger partial charge in [0.25, 0.3) is 0 Å². The molecule has 0 spiro atoms. The first kappa shape index (κ1) is 24.3. The van der Waals surface area contributed by atoms with Gasteiger partial charge >= 0.3 is 0 Å². The van der Waals surface area contributed by atoms with E-state index in [4.69, 9.17) is 7.98 Å². The lowest BCUT2D eigenvalue weighted by Crippen LogP contribution is -2.18. The third-order valence-electron chi connectivity index (χ3n) is 7.37. The molecule has 0 saturated carbocycles. The maximum atomic E-state index is 6.92. The second-order valence-corrected chi connectivity index (χ2v) is 10.8. The smallest absolute Gasteiger partial charge is 0.234 e. The van der Waals surface area contributed by atoms with Crippen LogP contribution in [0, 0.1) is 0 Å². The third kappa shape index (κ3) is 4.23. The Hall–Kier alpha value is -4.81. The fourth-order valence-electron chi connectivity index (χ4n) is 5.31. The molecule has 0 aliphatic heterocycles. The Morgan fingerprint density at radius 3 is 2.20 bits per heavy atom. The van der Waals surface area contributed by atoms with Crippen molar-refractivity contribution in [1.29, 1.82) is 0 Å². The minimum Gasteiger partial charge on any atom is -0.396 e. The molecular weight excluding hydrogens is 507 g/mol. The van der Waals surface area contributed by atoms with Crippen molar-refractivity contribution in [3.8, 4) is 22.5 Å². The van der Waals surface area contributed by atoms with Crippen LogP contribution < -0.4 is 9.71 Å². The van der Waals surface area contributed by atoms with E-state index in [2.05, 4.69) is 101 Å². The highest BCUT2D eigenvalue weighted by molar-refractivity contribution is 7.25. The van der Waals surface area contributed by atoms with Gasteiger partial charge in [-0.3, -0.25) is 0 Å². The van der Waals surface area contributed by atoms with Crippen molar-refractivity contribution >= 4 is 62.2 Å². The normalized spacial score (nSPS) is 11.2. The maximum Gasteiger partial charge on any atom is 0.234 e. The van der Waals surface area contributed by atoms with Crippen LogP contribution in [0.25, 0.3) is 42.7 Å². The third-order valence-corrected chi connectivity index (χ3v) is 8.52. The van der Waals surface area contributed by atoms with E-state index in [0.717, 1.165) is 45.3 Å². The van der Waals surface area contributed by atoms with Crippen LogP contribution in [0.5, 0.6) is 0 Å². The van der Waals surface area contributed by atoms with E-state index in [0.29, 0.717) is 0 Å². The number of aromatic amines is 1. The highest BCUT2D eigenvalue weighted by Crippen LogP contribution is 2.42. The van der Waals surface area contributed by atoms with Gasteiger partial charge in [-0.15, -0.1) is 11.3 Å². The SMILES string of the molecule is [B]N(c1ccc(-c2ccc3sc4ccccc4c3c2)cc1-c1ncc[nH]1)c1ccccc1N(C)c1ccccc1. The molecule has 0 fully saturated rings. The number of H-pyrrole nitrogens is 1. The predicted octanol–water partition coefficient (Wildman–Crippen LogP) is 9.10. The van der Waals surface area contributed by atoms with Crippen molar-refractivity contribution in [2.75, 3.05) is 16.8 Å². The van der Waals surface area contributed by atoms with Gasteiger partial charge in [-0.2, -0.15) is 0 Å². The lowest BCUT2D eigenvalue weighted by Gasteiger charge is -2.30. The Labute approximate surface area is 238 Å². The fraction of sp³-hybridized carbons (Fsp3) is 0.0294. The molecule has 2 radical (unpaired) electrons. The molecule has 2 aromatic heterocycles. The van der Waals surface area contributed by atoms with Crippen LogP contribution >= 0.6 is 11.3 Å². The molecule has 0 bridgehead atoms. The number of para-hydroxylation sites is 3. The molecule has 0 saturated heterocycles. The topological polar surface area (TPSA) is 35.2 Å². The average molecular weight is 532 g/mol. The number of nitrogens with one attached hydrogen (secondary N) is 1. The van der Waals surface area contributed by atoms with Gasteiger partial charge < -0.3 is 14.7 Å². The zero-order chi connectivity index (χ0) is 27.1. The van der Waals surface area contributed by atoms with E-state index in [1.807, 2.05) is 53.9 Å². The van der Waals surface area contributed by atoms with Crippen molar-refractivity contribution in [3.63, 3.8) is 0 Å². The van der Waals surface area contributed by atoms with Gasteiger partial charge in [0, 0.05) is 56.6 Å². The zero-order valence-corrected chi connectivity index (χ0v) is 22.8. The summed E-state index contributed by atoms with van der Waals surface area (Å²) in [6, 6.07) is 40.2. The van der Waals surface area contributed by atoms with E-state index in [9.17, 15) is 0 Å². The molecule has 7 aromatic rings. The van der Waals surface area contributed by atoms with Gasteiger partial charge in [-0.1, -0.05) is 60.7 Å². The first-order chi connectivity index (χ1) is 19.7. The number of benzene rings is 5. The Bertz CT molecular complexity index is 1950. The highest BCUT2D eigenvalue weighted by Gasteiger charge is 2.18. The number of anilines is 4. The Morgan fingerprint density at radius 2 is 1.38 bits per heavy atom.